The maximum atomic E-state index is 14.7. The standard InChI is InChI=1S/C20H18FN5S/c1-26-18(22)13-10-11-15(24-19(13)25-20(26)23)17-14(21)8-5-9-16(17)27-12-6-3-2-4-7-12/h2-11,18H,22H2,1H3,(H2,23,24,25). The molecule has 7 heteroatoms. The Morgan fingerprint density at radius 2 is 1.81 bits per heavy atom. The number of guanidine groups is 1. The van der Waals surface area contributed by atoms with Gasteiger partial charge in [0.2, 0.25) is 0 Å². The van der Waals surface area contributed by atoms with Gasteiger partial charge in [-0.2, -0.15) is 4.99 Å². The van der Waals surface area contributed by atoms with Gasteiger partial charge in [0.05, 0.1) is 5.69 Å². The number of benzene rings is 2. The molecule has 0 saturated carbocycles. The molecule has 0 amide bonds. The Labute approximate surface area is 160 Å². The van der Waals surface area contributed by atoms with Gasteiger partial charge in [-0.15, -0.1) is 0 Å². The Hall–Kier alpha value is -2.90. The van der Waals surface area contributed by atoms with Gasteiger partial charge < -0.3 is 16.4 Å². The number of nitrogens with two attached hydrogens (primary N) is 2. The van der Waals surface area contributed by atoms with Crippen LogP contribution in [0, 0.1) is 5.82 Å². The lowest BCUT2D eigenvalue weighted by Crippen LogP contribution is -2.43. The molecule has 1 unspecified atom stereocenters. The lowest BCUT2D eigenvalue weighted by Gasteiger charge is -2.30. The molecular weight excluding hydrogens is 361 g/mol. The SMILES string of the molecule is CN1C(N)=Nc2nc(-c3c(F)cccc3Sc3ccccc3)ccc2C1N. The van der Waals surface area contributed by atoms with E-state index in [0.717, 1.165) is 15.4 Å². The third-order valence-corrected chi connectivity index (χ3v) is 5.49. The highest BCUT2D eigenvalue weighted by molar-refractivity contribution is 7.99. The molecule has 1 aliphatic rings. The van der Waals surface area contributed by atoms with Gasteiger partial charge in [-0.05, 0) is 36.4 Å². The maximum absolute atomic E-state index is 14.7. The molecule has 4 rings (SSSR count). The van der Waals surface area contributed by atoms with E-state index in [0.29, 0.717) is 17.1 Å². The summed E-state index contributed by atoms with van der Waals surface area (Å²) in [5, 5.41) is 0. The molecule has 0 aliphatic carbocycles. The van der Waals surface area contributed by atoms with Crippen LogP contribution in [0.3, 0.4) is 0 Å². The third-order valence-electron chi connectivity index (χ3n) is 4.43. The third kappa shape index (κ3) is 3.27. The molecule has 4 N–H and O–H groups in total. The Morgan fingerprint density at radius 3 is 2.59 bits per heavy atom. The first kappa shape index (κ1) is 17.5. The summed E-state index contributed by atoms with van der Waals surface area (Å²) in [7, 11) is 1.77. The van der Waals surface area contributed by atoms with E-state index < -0.39 is 6.17 Å². The van der Waals surface area contributed by atoms with Crippen molar-refractivity contribution in [1.82, 2.24) is 9.88 Å². The van der Waals surface area contributed by atoms with Crippen molar-refractivity contribution in [2.45, 2.75) is 16.0 Å². The predicted octanol–water partition coefficient (Wildman–Crippen LogP) is 3.89. The van der Waals surface area contributed by atoms with Crippen LogP contribution in [0.1, 0.15) is 11.7 Å². The van der Waals surface area contributed by atoms with Crippen LogP contribution in [0.5, 0.6) is 0 Å². The average Bonchev–Trinajstić information content (AvgIpc) is 2.67. The largest absolute Gasteiger partial charge is 0.369 e. The minimum Gasteiger partial charge on any atom is -0.369 e. The molecule has 0 fully saturated rings. The molecule has 1 atom stereocenters. The summed E-state index contributed by atoms with van der Waals surface area (Å²) < 4.78 is 14.7. The maximum Gasteiger partial charge on any atom is 0.199 e. The van der Waals surface area contributed by atoms with E-state index in [1.165, 1.54) is 17.8 Å². The second-order valence-corrected chi connectivity index (χ2v) is 7.28. The normalized spacial score (nSPS) is 16.0. The number of fused-ring (bicyclic) bond motifs is 1. The summed E-state index contributed by atoms with van der Waals surface area (Å²) in [6.45, 7) is 0. The van der Waals surface area contributed by atoms with Crippen LogP contribution in [-0.4, -0.2) is 22.9 Å². The minimum absolute atomic E-state index is 0.284. The molecule has 27 heavy (non-hydrogen) atoms. The van der Waals surface area contributed by atoms with Crippen molar-refractivity contribution in [2.75, 3.05) is 7.05 Å². The van der Waals surface area contributed by atoms with Crippen molar-refractivity contribution < 1.29 is 4.39 Å². The first-order chi connectivity index (χ1) is 13.0. The quantitative estimate of drug-likeness (QED) is 0.722. The van der Waals surface area contributed by atoms with Crippen molar-refractivity contribution in [3.8, 4) is 11.3 Å². The molecule has 0 spiro atoms. The summed E-state index contributed by atoms with van der Waals surface area (Å²) in [5.41, 5.74) is 13.8. The fraction of sp³-hybridized carbons (Fsp3) is 0.100. The Morgan fingerprint density at radius 1 is 1.04 bits per heavy atom. The zero-order valence-corrected chi connectivity index (χ0v) is 15.4. The first-order valence-corrected chi connectivity index (χ1v) is 9.21. The molecule has 2 heterocycles. The second kappa shape index (κ2) is 7.02. The number of pyridine rings is 1. The van der Waals surface area contributed by atoms with E-state index in [2.05, 4.69) is 9.98 Å². The number of nitrogens with zero attached hydrogens (tertiary/aromatic N) is 3. The van der Waals surface area contributed by atoms with Gasteiger partial charge in [-0.3, -0.25) is 0 Å². The number of halogens is 1. The van der Waals surface area contributed by atoms with E-state index in [-0.39, 0.29) is 11.8 Å². The van der Waals surface area contributed by atoms with Gasteiger partial charge in [0.1, 0.15) is 12.0 Å². The van der Waals surface area contributed by atoms with Crippen molar-refractivity contribution >= 4 is 23.5 Å². The molecule has 1 aromatic heterocycles. The van der Waals surface area contributed by atoms with Crippen LogP contribution in [0.4, 0.5) is 10.2 Å². The van der Waals surface area contributed by atoms with Crippen LogP contribution in [0.15, 0.2) is 75.4 Å². The monoisotopic (exact) mass is 379 g/mol. The molecule has 0 saturated heterocycles. The van der Waals surface area contributed by atoms with Crippen molar-refractivity contribution in [3.63, 3.8) is 0 Å². The highest BCUT2D eigenvalue weighted by Crippen LogP contribution is 2.39. The summed E-state index contributed by atoms with van der Waals surface area (Å²) >= 11 is 1.49. The summed E-state index contributed by atoms with van der Waals surface area (Å²) in [6, 6.07) is 18.4. The van der Waals surface area contributed by atoms with Gasteiger partial charge in [-0.25, -0.2) is 9.37 Å². The van der Waals surface area contributed by atoms with Crippen LogP contribution in [0.2, 0.25) is 0 Å². The van der Waals surface area contributed by atoms with E-state index in [9.17, 15) is 4.39 Å². The lowest BCUT2D eigenvalue weighted by molar-refractivity contribution is 0.374. The van der Waals surface area contributed by atoms with Gasteiger partial charge in [0.15, 0.2) is 11.8 Å². The van der Waals surface area contributed by atoms with Gasteiger partial charge in [0, 0.05) is 28.0 Å². The molecule has 136 valence electrons. The van der Waals surface area contributed by atoms with E-state index in [1.807, 2.05) is 42.5 Å². The zero-order valence-electron chi connectivity index (χ0n) is 14.6. The Balaban J connectivity index is 1.80. The Bertz CT molecular complexity index is 1020. The highest BCUT2D eigenvalue weighted by Gasteiger charge is 2.25. The zero-order chi connectivity index (χ0) is 19.0. The second-order valence-electron chi connectivity index (χ2n) is 6.16. The van der Waals surface area contributed by atoms with Crippen molar-refractivity contribution in [1.29, 1.82) is 0 Å². The van der Waals surface area contributed by atoms with Crippen LogP contribution in [-0.2, 0) is 0 Å². The average molecular weight is 379 g/mol. The van der Waals surface area contributed by atoms with Gasteiger partial charge >= 0.3 is 0 Å². The number of aromatic nitrogens is 1. The molecular formula is C20H18FN5S. The van der Waals surface area contributed by atoms with E-state index >= 15 is 0 Å². The van der Waals surface area contributed by atoms with Crippen molar-refractivity contribution in [2.24, 2.45) is 16.5 Å². The minimum atomic E-state index is -0.433. The summed E-state index contributed by atoms with van der Waals surface area (Å²) in [4.78, 5) is 12.3. The van der Waals surface area contributed by atoms with Crippen LogP contribution in [0.25, 0.3) is 11.3 Å². The van der Waals surface area contributed by atoms with E-state index in [1.54, 1.807) is 24.1 Å². The van der Waals surface area contributed by atoms with Gasteiger partial charge in [0.25, 0.3) is 0 Å². The molecule has 2 aromatic carbocycles. The fourth-order valence-electron chi connectivity index (χ4n) is 2.91. The molecule has 3 aromatic rings. The smallest absolute Gasteiger partial charge is 0.199 e. The molecule has 0 radical (unpaired) electrons. The number of hydrogen-bond acceptors (Lipinski definition) is 6. The summed E-state index contributed by atoms with van der Waals surface area (Å²) in [5.74, 6) is 0.374. The number of aliphatic imine (C=N–C) groups is 1. The van der Waals surface area contributed by atoms with Crippen molar-refractivity contribution in [3.05, 3.63) is 72.0 Å². The van der Waals surface area contributed by atoms with Gasteiger partial charge in [-0.1, -0.05) is 36.0 Å². The lowest BCUT2D eigenvalue weighted by atomic mass is 10.1. The summed E-state index contributed by atoms with van der Waals surface area (Å²) in [6.07, 6.45) is -0.433. The van der Waals surface area contributed by atoms with Crippen LogP contribution < -0.4 is 11.5 Å². The Kier molecular flexibility index (Phi) is 4.55. The highest BCUT2D eigenvalue weighted by atomic mass is 32.2. The topological polar surface area (TPSA) is 80.5 Å². The number of hydrogen-bond donors (Lipinski definition) is 2. The predicted molar refractivity (Wildman–Crippen MR) is 106 cm³/mol. The number of rotatable bonds is 3. The molecule has 5 nitrogen and oxygen atoms in total. The molecule has 0 bridgehead atoms. The van der Waals surface area contributed by atoms with Crippen LogP contribution >= 0.6 is 11.8 Å². The first-order valence-electron chi connectivity index (χ1n) is 8.40. The molecule has 1 aliphatic heterocycles. The van der Waals surface area contributed by atoms with E-state index in [4.69, 9.17) is 11.5 Å². The fourth-order valence-corrected chi connectivity index (χ4v) is 3.91.